The summed E-state index contributed by atoms with van der Waals surface area (Å²) in [4.78, 5) is 11.0. The normalized spacial score (nSPS) is 10.6. The van der Waals surface area contributed by atoms with Crippen molar-refractivity contribution < 1.29 is 4.79 Å². The van der Waals surface area contributed by atoms with Crippen LogP contribution < -0.4 is 11.5 Å². The first kappa shape index (κ1) is 12.6. The topological polar surface area (TPSA) is 86.9 Å². The van der Waals surface area contributed by atoms with Crippen molar-refractivity contribution in [1.29, 1.82) is 0 Å². The number of nitrogens with zero attached hydrogens (tertiary/aromatic N) is 2. The number of amides is 1. The van der Waals surface area contributed by atoms with Crippen LogP contribution in [0.5, 0.6) is 0 Å². The molecule has 0 bridgehead atoms. The molecule has 0 spiro atoms. The van der Waals surface area contributed by atoms with E-state index in [0.717, 1.165) is 11.3 Å². The zero-order valence-corrected chi connectivity index (χ0v) is 10.4. The Hall–Kier alpha value is -1.85. The molecule has 5 nitrogen and oxygen atoms in total. The van der Waals surface area contributed by atoms with Gasteiger partial charge in [-0.2, -0.15) is 5.10 Å². The van der Waals surface area contributed by atoms with Crippen molar-refractivity contribution >= 4 is 17.5 Å². The van der Waals surface area contributed by atoms with Gasteiger partial charge in [0.1, 0.15) is 5.69 Å². The molecule has 0 aliphatic rings. The zero-order chi connectivity index (χ0) is 13.1. The maximum atomic E-state index is 11.0. The van der Waals surface area contributed by atoms with E-state index in [-0.39, 0.29) is 5.69 Å². The quantitative estimate of drug-likeness (QED) is 0.868. The van der Waals surface area contributed by atoms with Crippen LogP contribution in [0.1, 0.15) is 16.1 Å². The van der Waals surface area contributed by atoms with E-state index >= 15 is 0 Å². The molecule has 0 saturated heterocycles. The maximum absolute atomic E-state index is 11.0. The monoisotopic (exact) mass is 264 g/mol. The van der Waals surface area contributed by atoms with E-state index in [1.807, 2.05) is 12.1 Å². The van der Waals surface area contributed by atoms with Crippen molar-refractivity contribution in [2.75, 3.05) is 6.54 Å². The molecule has 6 heteroatoms. The summed E-state index contributed by atoms with van der Waals surface area (Å²) in [6.07, 6.45) is 2.31. The molecule has 94 valence electrons. The fourth-order valence-corrected chi connectivity index (χ4v) is 2.01. The van der Waals surface area contributed by atoms with Crippen molar-refractivity contribution in [3.63, 3.8) is 0 Å². The minimum absolute atomic E-state index is 0.216. The van der Waals surface area contributed by atoms with Crippen LogP contribution in [-0.2, 0) is 6.42 Å². The summed E-state index contributed by atoms with van der Waals surface area (Å²) >= 11 is 6.14. The molecule has 0 radical (unpaired) electrons. The highest BCUT2D eigenvalue weighted by Crippen LogP contribution is 2.23. The van der Waals surface area contributed by atoms with Gasteiger partial charge in [0.2, 0.25) is 0 Å². The number of primary amides is 1. The van der Waals surface area contributed by atoms with Crippen LogP contribution >= 0.6 is 11.6 Å². The van der Waals surface area contributed by atoms with Gasteiger partial charge in [-0.05, 0) is 36.7 Å². The highest BCUT2D eigenvalue weighted by Gasteiger charge is 2.11. The SMILES string of the molecule is NCCc1c(Cl)cccc1-n1ccc(C(N)=O)n1. The summed E-state index contributed by atoms with van der Waals surface area (Å²) in [6, 6.07) is 7.06. The molecule has 1 aromatic heterocycles. The first-order valence-corrected chi connectivity index (χ1v) is 5.84. The van der Waals surface area contributed by atoms with E-state index < -0.39 is 5.91 Å². The molecule has 2 rings (SSSR count). The van der Waals surface area contributed by atoms with E-state index in [1.165, 1.54) is 0 Å². The number of hydrogen-bond donors (Lipinski definition) is 2. The van der Waals surface area contributed by atoms with Crippen LogP contribution in [0.4, 0.5) is 0 Å². The van der Waals surface area contributed by atoms with Crippen LogP contribution in [0.3, 0.4) is 0 Å². The number of benzene rings is 1. The van der Waals surface area contributed by atoms with E-state index in [1.54, 1.807) is 23.0 Å². The Balaban J connectivity index is 2.49. The molecule has 0 aliphatic heterocycles. The number of rotatable bonds is 4. The van der Waals surface area contributed by atoms with Crippen LogP contribution in [0, 0.1) is 0 Å². The van der Waals surface area contributed by atoms with Crippen LogP contribution in [0.15, 0.2) is 30.5 Å². The second-order valence-electron chi connectivity index (χ2n) is 3.79. The fraction of sp³-hybridized carbons (Fsp3) is 0.167. The Bertz CT molecular complexity index is 579. The Labute approximate surface area is 109 Å². The smallest absolute Gasteiger partial charge is 0.269 e. The Morgan fingerprint density at radius 1 is 1.39 bits per heavy atom. The Morgan fingerprint density at radius 3 is 2.78 bits per heavy atom. The largest absolute Gasteiger partial charge is 0.364 e. The number of aromatic nitrogens is 2. The average Bonchev–Trinajstić information content (AvgIpc) is 2.81. The third-order valence-electron chi connectivity index (χ3n) is 2.58. The van der Waals surface area contributed by atoms with Gasteiger partial charge in [-0.15, -0.1) is 0 Å². The van der Waals surface area contributed by atoms with E-state index in [4.69, 9.17) is 23.1 Å². The maximum Gasteiger partial charge on any atom is 0.269 e. The van der Waals surface area contributed by atoms with Crippen LogP contribution in [0.25, 0.3) is 5.69 Å². The molecule has 0 atom stereocenters. The van der Waals surface area contributed by atoms with Gasteiger partial charge in [0.05, 0.1) is 5.69 Å². The minimum Gasteiger partial charge on any atom is -0.364 e. The highest BCUT2D eigenvalue weighted by atomic mass is 35.5. The first-order valence-electron chi connectivity index (χ1n) is 5.47. The average molecular weight is 265 g/mol. The fourth-order valence-electron chi connectivity index (χ4n) is 1.74. The standard InChI is InChI=1S/C12H13ClN4O/c13-9-2-1-3-11(8(9)4-6-14)17-7-5-10(16-17)12(15)18/h1-3,5,7H,4,6,14H2,(H2,15,18). The summed E-state index contributed by atoms with van der Waals surface area (Å²) in [6.45, 7) is 0.487. The number of carbonyl (C=O) groups is 1. The lowest BCUT2D eigenvalue weighted by molar-refractivity contribution is 0.0995. The Kier molecular flexibility index (Phi) is 3.64. The van der Waals surface area contributed by atoms with E-state index in [9.17, 15) is 4.79 Å². The predicted octanol–water partition coefficient (Wildman–Crippen LogP) is 1.13. The van der Waals surface area contributed by atoms with Crippen LogP contribution in [0.2, 0.25) is 5.02 Å². The summed E-state index contributed by atoms with van der Waals surface area (Å²) in [7, 11) is 0. The van der Waals surface area contributed by atoms with Gasteiger partial charge in [0.25, 0.3) is 5.91 Å². The molecular weight excluding hydrogens is 252 g/mol. The Morgan fingerprint density at radius 2 is 2.17 bits per heavy atom. The van der Waals surface area contributed by atoms with Gasteiger partial charge in [-0.25, -0.2) is 4.68 Å². The molecule has 4 N–H and O–H groups in total. The van der Waals surface area contributed by atoms with Crippen molar-refractivity contribution in [2.24, 2.45) is 11.5 Å². The number of nitrogens with two attached hydrogens (primary N) is 2. The molecule has 1 amide bonds. The summed E-state index contributed by atoms with van der Waals surface area (Å²) < 4.78 is 1.58. The van der Waals surface area contributed by atoms with Gasteiger partial charge >= 0.3 is 0 Å². The molecule has 0 unspecified atom stereocenters. The molecule has 2 aromatic rings. The predicted molar refractivity (Wildman–Crippen MR) is 69.9 cm³/mol. The van der Waals surface area contributed by atoms with Gasteiger partial charge in [0.15, 0.2) is 0 Å². The number of halogens is 1. The molecule has 1 aromatic carbocycles. The molecule has 0 aliphatic carbocycles. The third-order valence-corrected chi connectivity index (χ3v) is 2.93. The van der Waals surface area contributed by atoms with Crippen molar-refractivity contribution in [2.45, 2.75) is 6.42 Å². The second kappa shape index (κ2) is 5.20. The van der Waals surface area contributed by atoms with Crippen molar-refractivity contribution in [1.82, 2.24) is 9.78 Å². The van der Waals surface area contributed by atoms with Gasteiger partial charge in [0, 0.05) is 11.2 Å². The molecule has 18 heavy (non-hydrogen) atoms. The van der Waals surface area contributed by atoms with E-state index in [0.29, 0.717) is 18.0 Å². The molecule has 1 heterocycles. The zero-order valence-electron chi connectivity index (χ0n) is 9.64. The molecule has 0 saturated carbocycles. The summed E-state index contributed by atoms with van der Waals surface area (Å²) in [5.74, 6) is -0.559. The van der Waals surface area contributed by atoms with Gasteiger partial charge in [-0.3, -0.25) is 4.79 Å². The lowest BCUT2D eigenvalue weighted by Crippen LogP contribution is -2.13. The van der Waals surface area contributed by atoms with Crippen molar-refractivity contribution in [3.05, 3.63) is 46.7 Å². The summed E-state index contributed by atoms with van der Waals surface area (Å²) in [5, 5.41) is 4.74. The van der Waals surface area contributed by atoms with Crippen molar-refractivity contribution in [3.8, 4) is 5.69 Å². The summed E-state index contributed by atoms with van der Waals surface area (Å²) in [5.41, 5.74) is 12.7. The third kappa shape index (κ3) is 2.37. The van der Waals surface area contributed by atoms with Crippen LogP contribution in [-0.4, -0.2) is 22.2 Å². The molecular formula is C12H13ClN4O. The molecule has 0 fully saturated rings. The lowest BCUT2D eigenvalue weighted by atomic mass is 10.1. The second-order valence-corrected chi connectivity index (χ2v) is 4.19. The lowest BCUT2D eigenvalue weighted by Gasteiger charge is -2.10. The van der Waals surface area contributed by atoms with Gasteiger partial charge in [-0.1, -0.05) is 17.7 Å². The van der Waals surface area contributed by atoms with E-state index in [2.05, 4.69) is 5.10 Å². The number of hydrogen-bond acceptors (Lipinski definition) is 3. The number of carbonyl (C=O) groups excluding carboxylic acids is 1. The first-order chi connectivity index (χ1) is 8.63. The minimum atomic E-state index is -0.559. The van der Waals surface area contributed by atoms with Gasteiger partial charge < -0.3 is 11.5 Å². The highest BCUT2D eigenvalue weighted by molar-refractivity contribution is 6.31.